The fourth-order valence-corrected chi connectivity index (χ4v) is 1.41. The highest BCUT2D eigenvalue weighted by Crippen LogP contribution is 1.91. The lowest BCUT2D eigenvalue weighted by Crippen LogP contribution is -2.33. The van der Waals surface area contributed by atoms with Gasteiger partial charge in [-0.3, -0.25) is 4.55 Å². The summed E-state index contributed by atoms with van der Waals surface area (Å²) < 4.78 is 29.0. The SMILES string of the molecule is CC[C@@H](CO)NCCCS(=O)(=O)O. The first kappa shape index (κ1) is 12.8. The van der Waals surface area contributed by atoms with Crippen LogP contribution in [0.2, 0.25) is 0 Å². The van der Waals surface area contributed by atoms with Gasteiger partial charge in [-0.05, 0) is 19.4 Å². The molecule has 6 heteroatoms. The quantitative estimate of drug-likeness (QED) is 0.395. The Labute approximate surface area is 78.9 Å². The second-order valence-corrected chi connectivity index (χ2v) is 4.45. The first-order chi connectivity index (χ1) is 5.99. The molecule has 0 saturated heterocycles. The van der Waals surface area contributed by atoms with Gasteiger partial charge in [0.25, 0.3) is 10.1 Å². The largest absolute Gasteiger partial charge is 0.395 e. The summed E-state index contributed by atoms with van der Waals surface area (Å²) in [6, 6.07) is 0.0152. The van der Waals surface area contributed by atoms with Crippen LogP contribution in [0.3, 0.4) is 0 Å². The van der Waals surface area contributed by atoms with Crippen LogP contribution in [0.25, 0.3) is 0 Å². The van der Waals surface area contributed by atoms with E-state index in [1.54, 1.807) is 0 Å². The Bertz CT molecular complexity index is 211. The van der Waals surface area contributed by atoms with Gasteiger partial charge in [-0.15, -0.1) is 0 Å². The van der Waals surface area contributed by atoms with E-state index in [4.69, 9.17) is 9.66 Å². The van der Waals surface area contributed by atoms with Gasteiger partial charge in [0.05, 0.1) is 12.4 Å². The van der Waals surface area contributed by atoms with Crippen LogP contribution < -0.4 is 5.32 Å². The Morgan fingerprint density at radius 3 is 2.46 bits per heavy atom. The molecule has 0 aromatic carbocycles. The van der Waals surface area contributed by atoms with Gasteiger partial charge in [0, 0.05) is 6.04 Å². The Morgan fingerprint density at radius 2 is 2.08 bits per heavy atom. The summed E-state index contributed by atoms with van der Waals surface area (Å²) in [4.78, 5) is 0. The van der Waals surface area contributed by atoms with Crippen LogP contribution in [0.15, 0.2) is 0 Å². The third kappa shape index (κ3) is 8.17. The van der Waals surface area contributed by atoms with E-state index in [1.165, 1.54) is 0 Å². The minimum atomic E-state index is -3.84. The van der Waals surface area contributed by atoms with E-state index in [1.807, 2.05) is 6.92 Å². The maximum absolute atomic E-state index is 10.3. The van der Waals surface area contributed by atoms with Crippen molar-refractivity contribution < 1.29 is 18.1 Å². The molecule has 0 aliphatic rings. The highest BCUT2D eigenvalue weighted by Gasteiger charge is 2.05. The summed E-state index contributed by atoms with van der Waals surface area (Å²) in [6.45, 7) is 2.46. The monoisotopic (exact) mass is 211 g/mol. The highest BCUT2D eigenvalue weighted by atomic mass is 32.2. The third-order valence-electron chi connectivity index (χ3n) is 1.73. The van der Waals surface area contributed by atoms with E-state index in [-0.39, 0.29) is 18.4 Å². The number of hydrogen-bond donors (Lipinski definition) is 3. The molecule has 1 atom stereocenters. The van der Waals surface area contributed by atoms with Crippen LogP contribution in [-0.2, 0) is 10.1 Å². The van der Waals surface area contributed by atoms with Gasteiger partial charge in [-0.2, -0.15) is 8.42 Å². The standard InChI is InChI=1S/C7H17NO4S/c1-2-7(6-9)8-4-3-5-13(10,11)12/h7-9H,2-6H2,1H3,(H,10,11,12)/t7-/m0/s1. The first-order valence-corrected chi connectivity index (χ1v) is 5.90. The summed E-state index contributed by atoms with van der Waals surface area (Å²) in [6.07, 6.45) is 1.15. The highest BCUT2D eigenvalue weighted by molar-refractivity contribution is 7.85. The van der Waals surface area contributed by atoms with E-state index in [2.05, 4.69) is 5.32 Å². The summed E-state index contributed by atoms with van der Waals surface area (Å²) in [5.74, 6) is -0.234. The molecule has 80 valence electrons. The van der Waals surface area contributed by atoms with Crippen LogP contribution in [0.4, 0.5) is 0 Å². The zero-order valence-corrected chi connectivity index (χ0v) is 8.55. The minimum Gasteiger partial charge on any atom is -0.395 e. The van der Waals surface area contributed by atoms with Crippen LogP contribution >= 0.6 is 0 Å². The smallest absolute Gasteiger partial charge is 0.264 e. The third-order valence-corrected chi connectivity index (χ3v) is 2.53. The summed E-state index contributed by atoms with van der Waals surface area (Å²) in [7, 11) is -3.84. The van der Waals surface area contributed by atoms with Crippen LogP contribution in [-0.4, -0.2) is 43.0 Å². The van der Waals surface area contributed by atoms with E-state index in [9.17, 15) is 8.42 Å². The van der Waals surface area contributed by atoms with E-state index in [0.717, 1.165) is 6.42 Å². The predicted octanol–water partition coefficient (Wildman–Crippen LogP) is -0.375. The fraction of sp³-hybridized carbons (Fsp3) is 1.00. The molecule has 0 heterocycles. The molecule has 0 aromatic rings. The van der Waals surface area contributed by atoms with E-state index in [0.29, 0.717) is 13.0 Å². The van der Waals surface area contributed by atoms with Crippen molar-refractivity contribution in [2.75, 3.05) is 18.9 Å². The molecule has 0 rings (SSSR count). The van der Waals surface area contributed by atoms with Gasteiger partial charge in [-0.1, -0.05) is 6.92 Å². The van der Waals surface area contributed by atoms with Gasteiger partial charge in [-0.25, -0.2) is 0 Å². The topological polar surface area (TPSA) is 86.6 Å². The van der Waals surface area contributed by atoms with Crippen molar-refractivity contribution in [1.82, 2.24) is 5.32 Å². The van der Waals surface area contributed by atoms with Crippen molar-refractivity contribution in [1.29, 1.82) is 0 Å². The molecular weight excluding hydrogens is 194 g/mol. The molecule has 3 N–H and O–H groups in total. The summed E-state index contributed by atoms with van der Waals surface area (Å²) in [5.41, 5.74) is 0. The number of nitrogens with one attached hydrogen (secondary N) is 1. The molecule has 13 heavy (non-hydrogen) atoms. The predicted molar refractivity (Wildman–Crippen MR) is 50.2 cm³/mol. The van der Waals surface area contributed by atoms with Crippen LogP contribution in [0.5, 0.6) is 0 Å². The molecule has 0 bridgehead atoms. The van der Waals surface area contributed by atoms with Gasteiger partial charge < -0.3 is 10.4 Å². The number of aliphatic hydroxyl groups excluding tert-OH is 1. The first-order valence-electron chi connectivity index (χ1n) is 4.29. The molecule has 0 aliphatic carbocycles. The van der Waals surface area contributed by atoms with Crippen molar-refractivity contribution in [3.63, 3.8) is 0 Å². The average Bonchev–Trinajstić information content (AvgIpc) is 2.03. The van der Waals surface area contributed by atoms with E-state index >= 15 is 0 Å². The van der Waals surface area contributed by atoms with Crippen molar-refractivity contribution in [3.8, 4) is 0 Å². The van der Waals surface area contributed by atoms with E-state index < -0.39 is 10.1 Å². The van der Waals surface area contributed by atoms with Crippen molar-refractivity contribution >= 4 is 10.1 Å². The number of rotatable bonds is 7. The van der Waals surface area contributed by atoms with Crippen LogP contribution in [0, 0.1) is 0 Å². The van der Waals surface area contributed by atoms with Crippen molar-refractivity contribution in [3.05, 3.63) is 0 Å². The molecule has 0 fully saturated rings. The molecule has 0 unspecified atom stereocenters. The summed E-state index contributed by atoms with van der Waals surface area (Å²) >= 11 is 0. The second-order valence-electron chi connectivity index (χ2n) is 2.88. The van der Waals surface area contributed by atoms with Gasteiger partial charge in [0.15, 0.2) is 0 Å². The molecule has 0 spiro atoms. The lowest BCUT2D eigenvalue weighted by Gasteiger charge is -2.12. The Kier molecular flexibility index (Phi) is 6.23. The normalized spacial score (nSPS) is 14.4. The maximum Gasteiger partial charge on any atom is 0.264 e. The number of aliphatic hydroxyl groups is 1. The van der Waals surface area contributed by atoms with Gasteiger partial charge in [0.2, 0.25) is 0 Å². The summed E-state index contributed by atoms with van der Waals surface area (Å²) in [5, 5.41) is 11.7. The Balaban J connectivity index is 3.45. The molecule has 0 saturated carbocycles. The zero-order chi connectivity index (χ0) is 10.3. The lowest BCUT2D eigenvalue weighted by molar-refractivity contribution is 0.239. The Hall–Kier alpha value is -0.170. The maximum atomic E-state index is 10.3. The number of hydrogen-bond acceptors (Lipinski definition) is 4. The fourth-order valence-electron chi connectivity index (χ4n) is 0.899. The molecule has 0 aliphatic heterocycles. The molecular formula is C7H17NO4S. The lowest BCUT2D eigenvalue weighted by atomic mass is 10.2. The van der Waals surface area contributed by atoms with Crippen LogP contribution in [0.1, 0.15) is 19.8 Å². The molecule has 0 radical (unpaired) electrons. The van der Waals surface area contributed by atoms with Crippen molar-refractivity contribution in [2.45, 2.75) is 25.8 Å². The molecule has 0 amide bonds. The Morgan fingerprint density at radius 1 is 1.46 bits per heavy atom. The molecule has 0 aromatic heterocycles. The molecule has 5 nitrogen and oxygen atoms in total. The van der Waals surface area contributed by atoms with Gasteiger partial charge in [0.1, 0.15) is 0 Å². The van der Waals surface area contributed by atoms with Gasteiger partial charge >= 0.3 is 0 Å². The van der Waals surface area contributed by atoms with Crippen molar-refractivity contribution in [2.24, 2.45) is 0 Å². The second kappa shape index (κ2) is 6.31. The minimum absolute atomic E-state index is 0.0152. The zero-order valence-electron chi connectivity index (χ0n) is 7.73. The average molecular weight is 211 g/mol.